The van der Waals surface area contributed by atoms with Gasteiger partial charge in [-0.15, -0.1) is 0 Å². The number of nitrogens with two attached hydrogens (primary N) is 1. The lowest BCUT2D eigenvalue weighted by Crippen LogP contribution is -2.34. The lowest BCUT2D eigenvalue weighted by molar-refractivity contribution is -0.122. The summed E-state index contributed by atoms with van der Waals surface area (Å²) in [4.78, 5) is 11.5. The van der Waals surface area contributed by atoms with E-state index in [0.717, 1.165) is 13.0 Å². The Hall–Kier alpha value is -0.570. The van der Waals surface area contributed by atoms with E-state index < -0.39 is 0 Å². The molecule has 1 amide bonds. The summed E-state index contributed by atoms with van der Waals surface area (Å²) in [6.45, 7) is 9.70. The van der Waals surface area contributed by atoms with Gasteiger partial charge in [-0.25, -0.2) is 0 Å². The predicted octanol–water partition coefficient (Wildman–Crippen LogP) is 1.52. The van der Waals surface area contributed by atoms with Crippen molar-refractivity contribution in [1.82, 2.24) is 5.32 Å². The maximum atomic E-state index is 11.5. The van der Waals surface area contributed by atoms with Crippen molar-refractivity contribution in [2.24, 2.45) is 17.1 Å². The third-order valence-electron chi connectivity index (χ3n) is 2.20. The van der Waals surface area contributed by atoms with Crippen molar-refractivity contribution in [2.75, 3.05) is 13.1 Å². The Kier molecular flexibility index (Phi) is 5.77. The number of nitrogens with one attached hydrogen (secondary N) is 1. The van der Waals surface area contributed by atoms with Gasteiger partial charge in [-0.1, -0.05) is 34.1 Å². The third kappa shape index (κ3) is 6.89. The first-order valence-corrected chi connectivity index (χ1v) is 5.35. The molecule has 0 aromatic rings. The maximum Gasteiger partial charge on any atom is 0.220 e. The summed E-state index contributed by atoms with van der Waals surface area (Å²) in [6, 6.07) is 0. The van der Waals surface area contributed by atoms with Crippen LogP contribution in [0.2, 0.25) is 0 Å². The smallest absolute Gasteiger partial charge is 0.220 e. The van der Waals surface area contributed by atoms with E-state index in [2.05, 4.69) is 33.0 Å². The molecule has 3 N–H and O–H groups in total. The van der Waals surface area contributed by atoms with Gasteiger partial charge in [0.05, 0.1) is 0 Å². The molecular weight excluding hydrogens is 176 g/mol. The van der Waals surface area contributed by atoms with Crippen molar-refractivity contribution < 1.29 is 4.79 Å². The lowest BCUT2D eigenvalue weighted by atomic mass is 9.96. The lowest BCUT2D eigenvalue weighted by Gasteiger charge is -2.19. The molecule has 0 saturated carbocycles. The van der Waals surface area contributed by atoms with Crippen molar-refractivity contribution in [1.29, 1.82) is 0 Å². The van der Waals surface area contributed by atoms with Crippen LogP contribution in [0.5, 0.6) is 0 Å². The zero-order chi connectivity index (χ0) is 11.2. The predicted molar refractivity (Wildman–Crippen MR) is 59.9 cm³/mol. The van der Waals surface area contributed by atoms with E-state index in [-0.39, 0.29) is 11.3 Å². The summed E-state index contributed by atoms with van der Waals surface area (Å²) in [5, 5.41) is 2.93. The van der Waals surface area contributed by atoms with E-state index in [1.807, 2.05) is 0 Å². The van der Waals surface area contributed by atoms with E-state index in [1.54, 1.807) is 0 Å². The summed E-state index contributed by atoms with van der Waals surface area (Å²) in [5.41, 5.74) is 5.69. The van der Waals surface area contributed by atoms with Gasteiger partial charge >= 0.3 is 0 Å². The first-order valence-electron chi connectivity index (χ1n) is 5.35. The maximum absolute atomic E-state index is 11.5. The van der Waals surface area contributed by atoms with Gasteiger partial charge in [0.1, 0.15) is 0 Å². The van der Waals surface area contributed by atoms with Crippen LogP contribution in [0, 0.1) is 11.3 Å². The van der Waals surface area contributed by atoms with Crippen LogP contribution in [0.25, 0.3) is 0 Å². The number of hydrogen-bond donors (Lipinski definition) is 2. The van der Waals surface area contributed by atoms with Gasteiger partial charge in [0.25, 0.3) is 0 Å². The molecule has 0 spiro atoms. The second-order valence-electron chi connectivity index (χ2n) is 5.05. The molecule has 3 heteroatoms. The van der Waals surface area contributed by atoms with Gasteiger partial charge in [-0.3, -0.25) is 4.79 Å². The average Bonchev–Trinajstić information content (AvgIpc) is 2.09. The van der Waals surface area contributed by atoms with Crippen LogP contribution in [0.15, 0.2) is 0 Å². The van der Waals surface area contributed by atoms with Crippen molar-refractivity contribution in [3.05, 3.63) is 0 Å². The standard InChI is InChI=1S/C11H24N2O/c1-5-9(7-12)6-10(14)13-8-11(2,3)4/h9H,5-8,12H2,1-4H3,(H,13,14). The van der Waals surface area contributed by atoms with Gasteiger partial charge in [0, 0.05) is 13.0 Å². The Labute approximate surface area is 87.4 Å². The van der Waals surface area contributed by atoms with Gasteiger partial charge in [-0.2, -0.15) is 0 Å². The number of rotatable bonds is 5. The molecule has 0 aliphatic heterocycles. The van der Waals surface area contributed by atoms with Crippen LogP contribution in [-0.2, 0) is 4.79 Å². The highest BCUT2D eigenvalue weighted by atomic mass is 16.1. The van der Waals surface area contributed by atoms with E-state index in [0.29, 0.717) is 18.9 Å². The SMILES string of the molecule is CCC(CN)CC(=O)NCC(C)(C)C. The zero-order valence-corrected chi connectivity index (χ0v) is 9.89. The molecule has 0 aromatic carbocycles. The molecule has 0 rings (SSSR count). The molecule has 1 unspecified atom stereocenters. The Morgan fingerprint density at radius 2 is 2.00 bits per heavy atom. The van der Waals surface area contributed by atoms with Crippen molar-refractivity contribution in [3.63, 3.8) is 0 Å². The minimum Gasteiger partial charge on any atom is -0.356 e. The van der Waals surface area contributed by atoms with Crippen molar-refractivity contribution >= 4 is 5.91 Å². The fourth-order valence-electron chi connectivity index (χ4n) is 1.09. The number of carbonyl (C=O) groups is 1. The molecule has 0 radical (unpaired) electrons. The van der Waals surface area contributed by atoms with E-state index in [4.69, 9.17) is 5.73 Å². The first-order chi connectivity index (χ1) is 6.39. The highest BCUT2D eigenvalue weighted by Crippen LogP contribution is 2.11. The molecule has 14 heavy (non-hydrogen) atoms. The first kappa shape index (κ1) is 13.4. The van der Waals surface area contributed by atoms with Crippen LogP contribution in [-0.4, -0.2) is 19.0 Å². The van der Waals surface area contributed by atoms with Crippen LogP contribution >= 0.6 is 0 Å². The molecule has 84 valence electrons. The number of amides is 1. The largest absolute Gasteiger partial charge is 0.356 e. The molecular formula is C11H24N2O. The van der Waals surface area contributed by atoms with Crippen LogP contribution < -0.4 is 11.1 Å². The minimum absolute atomic E-state index is 0.122. The molecule has 1 atom stereocenters. The van der Waals surface area contributed by atoms with Crippen molar-refractivity contribution in [3.8, 4) is 0 Å². The number of carbonyl (C=O) groups excluding carboxylic acids is 1. The second kappa shape index (κ2) is 6.02. The monoisotopic (exact) mass is 200 g/mol. The van der Waals surface area contributed by atoms with Gasteiger partial charge in [0.2, 0.25) is 5.91 Å². The summed E-state index contributed by atoms with van der Waals surface area (Å²) < 4.78 is 0. The number of hydrogen-bond acceptors (Lipinski definition) is 2. The Balaban J connectivity index is 3.75. The Morgan fingerprint density at radius 3 is 2.36 bits per heavy atom. The van der Waals surface area contributed by atoms with Crippen LogP contribution in [0.4, 0.5) is 0 Å². The van der Waals surface area contributed by atoms with Gasteiger partial charge in [-0.05, 0) is 17.9 Å². The molecule has 0 aliphatic rings. The van der Waals surface area contributed by atoms with Crippen LogP contribution in [0.1, 0.15) is 40.5 Å². The molecule has 0 aromatic heterocycles. The zero-order valence-electron chi connectivity index (χ0n) is 9.89. The summed E-state index contributed by atoms with van der Waals surface area (Å²) >= 11 is 0. The van der Waals surface area contributed by atoms with Gasteiger partial charge < -0.3 is 11.1 Å². The van der Waals surface area contributed by atoms with E-state index >= 15 is 0 Å². The fraction of sp³-hybridized carbons (Fsp3) is 0.909. The topological polar surface area (TPSA) is 55.1 Å². The van der Waals surface area contributed by atoms with E-state index in [9.17, 15) is 4.79 Å². The third-order valence-corrected chi connectivity index (χ3v) is 2.20. The minimum atomic E-state index is 0.122. The Morgan fingerprint density at radius 1 is 1.43 bits per heavy atom. The van der Waals surface area contributed by atoms with E-state index in [1.165, 1.54) is 0 Å². The molecule has 0 heterocycles. The summed E-state index contributed by atoms with van der Waals surface area (Å²) in [7, 11) is 0. The molecule has 0 aliphatic carbocycles. The van der Waals surface area contributed by atoms with Crippen molar-refractivity contribution in [2.45, 2.75) is 40.5 Å². The highest BCUT2D eigenvalue weighted by molar-refractivity contribution is 5.76. The fourth-order valence-corrected chi connectivity index (χ4v) is 1.09. The molecule has 3 nitrogen and oxygen atoms in total. The molecule has 0 bridgehead atoms. The van der Waals surface area contributed by atoms with Crippen LogP contribution in [0.3, 0.4) is 0 Å². The molecule has 0 saturated heterocycles. The van der Waals surface area contributed by atoms with Gasteiger partial charge in [0.15, 0.2) is 0 Å². The molecule has 0 fully saturated rings. The Bertz CT molecular complexity index is 169. The normalized spacial score (nSPS) is 13.8. The average molecular weight is 200 g/mol. The summed E-state index contributed by atoms with van der Waals surface area (Å²) in [5.74, 6) is 0.451. The quantitative estimate of drug-likeness (QED) is 0.707. The second-order valence-corrected chi connectivity index (χ2v) is 5.05. The summed E-state index contributed by atoms with van der Waals surface area (Å²) in [6.07, 6.45) is 1.53. The highest BCUT2D eigenvalue weighted by Gasteiger charge is 2.14.